The number of nitrogens with one attached hydrogen (secondary N) is 1. The number of aryl methyl sites for hydroxylation is 1. The Balaban J connectivity index is 2.21. The Morgan fingerprint density at radius 1 is 1.20 bits per heavy atom. The molecule has 1 aromatic carbocycles. The van der Waals surface area contributed by atoms with Crippen molar-refractivity contribution in [2.24, 2.45) is 0 Å². The molecule has 0 unspecified atom stereocenters. The molecule has 1 aromatic heterocycles. The van der Waals surface area contributed by atoms with E-state index in [0.717, 1.165) is 21.1 Å². The van der Waals surface area contributed by atoms with Gasteiger partial charge in [0.1, 0.15) is 11.6 Å². The SMILES string of the molecule is Cc1occc1Sc1ccc(F)cc1CNC(C)(C)C. The minimum Gasteiger partial charge on any atom is -0.468 e. The van der Waals surface area contributed by atoms with Gasteiger partial charge < -0.3 is 9.73 Å². The van der Waals surface area contributed by atoms with Gasteiger partial charge in [-0.1, -0.05) is 11.8 Å². The lowest BCUT2D eigenvalue weighted by Gasteiger charge is -2.21. The minimum atomic E-state index is -0.205. The first-order valence-corrected chi connectivity index (χ1v) is 7.42. The summed E-state index contributed by atoms with van der Waals surface area (Å²) < 4.78 is 18.8. The van der Waals surface area contributed by atoms with Crippen LogP contribution in [0.4, 0.5) is 4.39 Å². The molecular weight excluding hydrogens is 273 g/mol. The zero-order valence-corrected chi connectivity index (χ0v) is 13.1. The standard InChI is InChI=1S/C16H20FNOS/c1-11-14(7-8-19-11)20-15-6-5-13(17)9-12(15)10-18-16(2,3)4/h5-9,18H,10H2,1-4H3. The number of benzene rings is 1. The quantitative estimate of drug-likeness (QED) is 0.879. The van der Waals surface area contributed by atoms with Crippen LogP contribution in [0.15, 0.2) is 44.7 Å². The monoisotopic (exact) mass is 293 g/mol. The van der Waals surface area contributed by atoms with Gasteiger partial charge in [0.05, 0.1) is 11.2 Å². The molecule has 20 heavy (non-hydrogen) atoms. The molecule has 0 saturated heterocycles. The fourth-order valence-electron chi connectivity index (χ4n) is 1.74. The van der Waals surface area contributed by atoms with Crippen molar-refractivity contribution in [3.05, 3.63) is 47.7 Å². The van der Waals surface area contributed by atoms with Gasteiger partial charge in [0, 0.05) is 17.0 Å². The number of rotatable bonds is 4. The highest BCUT2D eigenvalue weighted by Crippen LogP contribution is 2.33. The van der Waals surface area contributed by atoms with Crippen LogP contribution >= 0.6 is 11.8 Å². The number of hydrogen-bond donors (Lipinski definition) is 1. The molecule has 4 heteroatoms. The maximum absolute atomic E-state index is 13.5. The molecular formula is C16H20FNOS. The van der Waals surface area contributed by atoms with Crippen molar-refractivity contribution >= 4 is 11.8 Å². The third kappa shape index (κ3) is 4.12. The lowest BCUT2D eigenvalue weighted by Crippen LogP contribution is -2.35. The van der Waals surface area contributed by atoms with Crippen molar-refractivity contribution in [2.75, 3.05) is 0 Å². The topological polar surface area (TPSA) is 25.2 Å². The first-order chi connectivity index (χ1) is 9.35. The van der Waals surface area contributed by atoms with Crippen molar-refractivity contribution in [1.29, 1.82) is 0 Å². The normalized spacial score (nSPS) is 11.8. The molecule has 2 aromatic rings. The molecule has 2 nitrogen and oxygen atoms in total. The van der Waals surface area contributed by atoms with Gasteiger partial charge in [-0.05, 0) is 57.5 Å². The van der Waals surface area contributed by atoms with E-state index >= 15 is 0 Å². The van der Waals surface area contributed by atoms with Crippen LogP contribution < -0.4 is 5.32 Å². The number of halogens is 1. The van der Waals surface area contributed by atoms with E-state index in [2.05, 4.69) is 26.1 Å². The zero-order chi connectivity index (χ0) is 14.8. The minimum absolute atomic E-state index is 0.000187. The van der Waals surface area contributed by atoms with Gasteiger partial charge in [-0.15, -0.1) is 0 Å². The molecule has 0 bridgehead atoms. The van der Waals surface area contributed by atoms with E-state index in [4.69, 9.17) is 4.42 Å². The summed E-state index contributed by atoms with van der Waals surface area (Å²) in [6.45, 7) is 8.86. The Morgan fingerprint density at radius 2 is 1.95 bits per heavy atom. The van der Waals surface area contributed by atoms with Crippen molar-refractivity contribution in [3.63, 3.8) is 0 Å². The van der Waals surface area contributed by atoms with Crippen LogP contribution in [0.2, 0.25) is 0 Å². The second-order valence-electron chi connectivity index (χ2n) is 5.80. The molecule has 0 aliphatic heterocycles. The zero-order valence-electron chi connectivity index (χ0n) is 12.3. The summed E-state index contributed by atoms with van der Waals surface area (Å²) in [5.74, 6) is 0.679. The summed E-state index contributed by atoms with van der Waals surface area (Å²) in [6.07, 6.45) is 1.67. The Morgan fingerprint density at radius 3 is 2.55 bits per heavy atom. The fraction of sp³-hybridized carbons (Fsp3) is 0.375. The first-order valence-electron chi connectivity index (χ1n) is 6.60. The molecule has 0 fully saturated rings. The molecule has 2 rings (SSSR count). The highest BCUT2D eigenvalue weighted by molar-refractivity contribution is 7.99. The van der Waals surface area contributed by atoms with E-state index in [1.807, 2.05) is 19.1 Å². The Kier molecular flexibility index (Phi) is 4.55. The van der Waals surface area contributed by atoms with Crippen LogP contribution in [-0.2, 0) is 6.54 Å². The summed E-state index contributed by atoms with van der Waals surface area (Å²) in [5, 5.41) is 3.40. The highest BCUT2D eigenvalue weighted by Gasteiger charge is 2.13. The lowest BCUT2D eigenvalue weighted by atomic mass is 10.1. The van der Waals surface area contributed by atoms with Crippen molar-refractivity contribution in [3.8, 4) is 0 Å². The van der Waals surface area contributed by atoms with Crippen LogP contribution in [-0.4, -0.2) is 5.54 Å². The smallest absolute Gasteiger partial charge is 0.123 e. The van der Waals surface area contributed by atoms with E-state index in [1.54, 1.807) is 24.1 Å². The second-order valence-corrected chi connectivity index (χ2v) is 6.88. The van der Waals surface area contributed by atoms with E-state index in [-0.39, 0.29) is 11.4 Å². The number of furan rings is 1. The average Bonchev–Trinajstić information content (AvgIpc) is 2.74. The van der Waals surface area contributed by atoms with Crippen LogP contribution in [0, 0.1) is 12.7 Å². The molecule has 1 N–H and O–H groups in total. The van der Waals surface area contributed by atoms with Crippen LogP contribution in [0.1, 0.15) is 32.1 Å². The maximum Gasteiger partial charge on any atom is 0.123 e. The fourth-order valence-corrected chi connectivity index (χ4v) is 2.69. The molecule has 0 spiro atoms. The molecule has 0 radical (unpaired) electrons. The lowest BCUT2D eigenvalue weighted by molar-refractivity contribution is 0.422. The molecule has 1 heterocycles. The van der Waals surface area contributed by atoms with E-state index < -0.39 is 0 Å². The van der Waals surface area contributed by atoms with Gasteiger partial charge in [-0.2, -0.15) is 0 Å². The molecule has 0 aliphatic carbocycles. The van der Waals surface area contributed by atoms with E-state index in [1.165, 1.54) is 6.07 Å². The first kappa shape index (κ1) is 15.1. The maximum atomic E-state index is 13.5. The third-order valence-corrected chi connectivity index (χ3v) is 4.12. The molecule has 0 saturated carbocycles. The van der Waals surface area contributed by atoms with Gasteiger partial charge in [0.2, 0.25) is 0 Å². The van der Waals surface area contributed by atoms with E-state index in [9.17, 15) is 4.39 Å². The van der Waals surface area contributed by atoms with Crippen molar-refractivity contribution < 1.29 is 8.81 Å². The van der Waals surface area contributed by atoms with Gasteiger partial charge in [0.25, 0.3) is 0 Å². The summed E-state index contributed by atoms with van der Waals surface area (Å²) in [7, 11) is 0. The second kappa shape index (κ2) is 6.02. The summed E-state index contributed by atoms with van der Waals surface area (Å²) in [4.78, 5) is 2.11. The number of hydrogen-bond acceptors (Lipinski definition) is 3. The van der Waals surface area contributed by atoms with Crippen molar-refractivity contribution in [2.45, 2.75) is 49.6 Å². The summed E-state index contributed by atoms with van der Waals surface area (Å²) in [6, 6.07) is 6.85. The van der Waals surface area contributed by atoms with Crippen LogP contribution in [0.3, 0.4) is 0 Å². The predicted octanol–water partition coefficient (Wildman–Crippen LogP) is 4.77. The van der Waals surface area contributed by atoms with Crippen LogP contribution in [0.5, 0.6) is 0 Å². The molecule has 0 amide bonds. The molecule has 108 valence electrons. The Labute approximate surface area is 123 Å². The van der Waals surface area contributed by atoms with Gasteiger partial charge in [-0.3, -0.25) is 0 Å². The van der Waals surface area contributed by atoms with Gasteiger partial charge >= 0.3 is 0 Å². The van der Waals surface area contributed by atoms with Gasteiger partial charge in [0.15, 0.2) is 0 Å². The van der Waals surface area contributed by atoms with Crippen LogP contribution in [0.25, 0.3) is 0 Å². The Hall–Kier alpha value is -1.26. The largest absolute Gasteiger partial charge is 0.468 e. The highest BCUT2D eigenvalue weighted by atomic mass is 32.2. The average molecular weight is 293 g/mol. The predicted molar refractivity (Wildman–Crippen MR) is 80.6 cm³/mol. The summed E-state index contributed by atoms with van der Waals surface area (Å²) in [5.41, 5.74) is 0.963. The Bertz CT molecular complexity index is 586. The summed E-state index contributed by atoms with van der Waals surface area (Å²) >= 11 is 1.61. The van der Waals surface area contributed by atoms with Crippen molar-refractivity contribution in [1.82, 2.24) is 5.32 Å². The van der Waals surface area contributed by atoms with E-state index in [0.29, 0.717) is 6.54 Å². The third-order valence-electron chi connectivity index (χ3n) is 2.86. The molecule has 0 aliphatic rings. The molecule has 0 atom stereocenters. The van der Waals surface area contributed by atoms with Gasteiger partial charge in [-0.25, -0.2) is 4.39 Å².